The Morgan fingerprint density at radius 1 is 1.32 bits per heavy atom. The summed E-state index contributed by atoms with van der Waals surface area (Å²) in [6.45, 7) is 2.02. The quantitative estimate of drug-likeness (QED) is 0.793. The number of carbonyl (C=O) groups is 1. The minimum atomic E-state index is -0.0499. The van der Waals surface area contributed by atoms with Crippen LogP contribution in [0.15, 0.2) is 44.7 Å². The average molecular weight is 403 g/mol. The van der Waals surface area contributed by atoms with Crippen LogP contribution in [0.3, 0.4) is 0 Å². The summed E-state index contributed by atoms with van der Waals surface area (Å²) in [6.07, 6.45) is 0.860. The van der Waals surface area contributed by atoms with E-state index < -0.39 is 0 Å². The Balaban J connectivity index is 2.00. The summed E-state index contributed by atoms with van der Waals surface area (Å²) < 4.78 is 1.77. The van der Waals surface area contributed by atoms with Gasteiger partial charge in [-0.15, -0.1) is 11.3 Å². The lowest BCUT2D eigenvalue weighted by Crippen LogP contribution is -2.33. The standard InChI is InChI=1S/C14H13Br2NOS/c1-9(5-13-3-2-4-19-13)17-14(18)10-6-11(15)8-12(16)7-10/h2-4,6-9H,5H2,1H3,(H,17,18). The molecule has 1 amide bonds. The topological polar surface area (TPSA) is 29.1 Å². The summed E-state index contributed by atoms with van der Waals surface area (Å²) >= 11 is 8.49. The van der Waals surface area contributed by atoms with Crippen molar-refractivity contribution < 1.29 is 4.79 Å². The SMILES string of the molecule is CC(Cc1cccs1)NC(=O)c1cc(Br)cc(Br)c1. The van der Waals surface area contributed by atoms with Crippen LogP contribution in [0.4, 0.5) is 0 Å². The molecular weight excluding hydrogens is 390 g/mol. The maximum Gasteiger partial charge on any atom is 0.251 e. The fourth-order valence-electron chi connectivity index (χ4n) is 1.77. The molecule has 1 aromatic heterocycles. The highest BCUT2D eigenvalue weighted by Gasteiger charge is 2.11. The molecule has 2 nitrogen and oxygen atoms in total. The van der Waals surface area contributed by atoms with Crippen LogP contribution in [0.1, 0.15) is 22.2 Å². The molecule has 0 bridgehead atoms. The van der Waals surface area contributed by atoms with Crippen LogP contribution >= 0.6 is 43.2 Å². The zero-order valence-electron chi connectivity index (χ0n) is 10.3. The smallest absolute Gasteiger partial charge is 0.251 e. The van der Waals surface area contributed by atoms with Gasteiger partial charge in [0.2, 0.25) is 0 Å². The first-order chi connectivity index (χ1) is 9.04. The maximum absolute atomic E-state index is 12.1. The highest BCUT2D eigenvalue weighted by atomic mass is 79.9. The third-order valence-corrected chi connectivity index (χ3v) is 4.40. The molecule has 100 valence electrons. The monoisotopic (exact) mass is 401 g/mol. The molecule has 0 saturated heterocycles. The Morgan fingerprint density at radius 3 is 2.58 bits per heavy atom. The minimum absolute atomic E-state index is 0.0499. The van der Waals surface area contributed by atoms with E-state index >= 15 is 0 Å². The van der Waals surface area contributed by atoms with Crippen molar-refractivity contribution in [1.82, 2.24) is 5.32 Å². The maximum atomic E-state index is 12.1. The first-order valence-electron chi connectivity index (χ1n) is 5.84. The molecule has 2 aromatic rings. The molecule has 1 heterocycles. The number of carbonyl (C=O) groups excluding carboxylic acids is 1. The number of thiophene rings is 1. The van der Waals surface area contributed by atoms with Crippen LogP contribution in [-0.4, -0.2) is 11.9 Å². The average Bonchev–Trinajstić information content (AvgIpc) is 2.80. The van der Waals surface area contributed by atoms with Gasteiger partial charge in [-0.1, -0.05) is 37.9 Å². The van der Waals surface area contributed by atoms with Crippen LogP contribution in [0.2, 0.25) is 0 Å². The number of hydrogen-bond acceptors (Lipinski definition) is 2. The number of amides is 1. The first-order valence-corrected chi connectivity index (χ1v) is 8.30. The fraction of sp³-hybridized carbons (Fsp3) is 0.214. The van der Waals surface area contributed by atoms with Crippen molar-refractivity contribution in [3.05, 3.63) is 55.1 Å². The first kappa shape index (κ1) is 14.8. The molecule has 0 radical (unpaired) electrons. The lowest BCUT2D eigenvalue weighted by Gasteiger charge is -2.13. The molecule has 2 rings (SSSR count). The van der Waals surface area contributed by atoms with E-state index in [1.54, 1.807) is 11.3 Å². The van der Waals surface area contributed by atoms with Gasteiger partial charge in [-0.2, -0.15) is 0 Å². The molecule has 19 heavy (non-hydrogen) atoms. The summed E-state index contributed by atoms with van der Waals surface area (Å²) in [5, 5.41) is 5.07. The number of hydrogen-bond donors (Lipinski definition) is 1. The molecule has 1 N–H and O–H groups in total. The van der Waals surface area contributed by atoms with Crippen molar-refractivity contribution in [2.75, 3.05) is 0 Å². The van der Waals surface area contributed by atoms with Crippen molar-refractivity contribution in [1.29, 1.82) is 0 Å². The number of rotatable bonds is 4. The van der Waals surface area contributed by atoms with Crippen LogP contribution in [-0.2, 0) is 6.42 Å². The molecule has 0 aliphatic heterocycles. The van der Waals surface area contributed by atoms with Gasteiger partial charge in [-0.05, 0) is 36.6 Å². The summed E-state index contributed by atoms with van der Waals surface area (Å²) in [6, 6.07) is 9.77. The van der Waals surface area contributed by atoms with Crippen molar-refractivity contribution in [3.8, 4) is 0 Å². The summed E-state index contributed by atoms with van der Waals surface area (Å²) in [5.74, 6) is -0.0499. The van der Waals surface area contributed by atoms with Crippen LogP contribution < -0.4 is 5.32 Å². The van der Waals surface area contributed by atoms with E-state index in [1.165, 1.54) is 4.88 Å². The van der Waals surface area contributed by atoms with Gasteiger partial charge in [-0.25, -0.2) is 0 Å². The molecule has 0 aliphatic rings. The highest BCUT2D eigenvalue weighted by Crippen LogP contribution is 2.20. The second-order valence-electron chi connectivity index (χ2n) is 4.32. The third-order valence-electron chi connectivity index (χ3n) is 2.59. The lowest BCUT2D eigenvalue weighted by atomic mass is 10.1. The van der Waals surface area contributed by atoms with E-state index in [4.69, 9.17) is 0 Å². The summed E-state index contributed by atoms with van der Waals surface area (Å²) in [5.41, 5.74) is 0.652. The summed E-state index contributed by atoms with van der Waals surface area (Å²) in [7, 11) is 0. The Kier molecular flexibility index (Phi) is 5.19. The number of benzene rings is 1. The van der Waals surface area contributed by atoms with Gasteiger partial charge in [0.1, 0.15) is 0 Å². The Morgan fingerprint density at radius 2 is 2.00 bits per heavy atom. The van der Waals surface area contributed by atoms with Gasteiger partial charge in [0.15, 0.2) is 0 Å². The largest absolute Gasteiger partial charge is 0.349 e. The van der Waals surface area contributed by atoms with Gasteiger partial charge in [0.05, 0.1) is 0 Å². The molecule has 1 unspecified atom stereocenters. The van der Waals surface area contributed by atoms with E-state index in [0.717, 1.165) is 15.4 Å². The van der Waals surface area contributed by atoms with Crippen LogP contribution in [0, 0.1) is 0 Å². The van der Waals surface area contributed by atoms with Crippen molar-refractivity contribution in [2.24, 2.45) is 0 Å². The molecular formula is C14H13Br2NOS. The molecule has 0 aliphatic carbocycles. The fourth-order valence-corrected chi connectivity index (χ4v) is 3.90. The number of nitrogens with one attached hydrogen (secondary N) is 1. The zero-order chi connectivity index (χ0) is 13.8. The predicted molar refractivity (Wildman–Crippen MR) is 86.8 cm³/mol. The molecule has 0 spiro atoms. The third kappa shape index (κ3) is 4.44. The second kappa shape index (κ2) is 6.68. The zero-order valence-corrected chi connectivity index (χ0v) is 14.3. The lowest BCUT2D eigenvalue weighted by molar-refractivity contribution is 0.0940. The molecule has 1 aromatic carbocycles. The van der Waals surface area contributed by atoms with Crippen molar-refractivity contribution in [2.45, 2.75) is 19.4 Å². The van der Waals surface area contributed by atoms with Crippen molar-refractivity contribution in [3.63, 3.8) is 0 Å². The second-order valence-corrected chi connectivity index (χ2v) is 7.18. The number of halogens is 2. The van der Waals surface area contributed by atoms with Gasteiger partial charge in [-0.3, -0.25) is 4.79 Å². The Bertz CT molecular complexity index is 549. The van der Waals surface area contributed by atoms with Gasteiger partial charge >= 0.3 is 0 Å². The molecule has 0 saturated carbocycles. The van der Waals surface area contributed by atoms with Crippen molar-refractivity contribution >= 4 is 49.1 Å². The van der Waals surface area contributed by atoms with E-state index in [9.17, 15) is 4.79 Å². The molecule has 5 heteroatoms. The van der Waals surface area contributed by atoms with E-state index in [2.05, 4.69) is 48.6 Å². The highest BCUT2D eigenvalue weighted by molar-refractivity contribution is 9.11. The Labute approximate surface area is 133 Å². The Hall–Kier alpha value is -0.650. The van der Waals surface area contributed by atoms with E-state index in [1.807, 2.05) is 31.2 Å². The van der Waals surface area contributed by atoms with Crippen LogP contribution in [0.5, 0.6) is 0 Å². The van der Waals surface area contributed by atoms with Gasteiger partial charge < -0.3 is 5.32 Å². The minimum Gasteiger partial charge on any atom is -0.349 e. The van der Waals surface area contributed by atoms with Crippen LogP contribution in [0.25, 0.3) is 0 Å². The van der Waals surface area contributed by atoms with E-state index in [0.29, 0.717) is 5.56 Å². The predicted octanol–water partition coefficient (Wildman–Crippen LogP) is 4.63. The molecule has 0 fully saturated rings. The van der Waals surface area contributed by atoms with Gasteiger partial charge in [0, 0.05) is 31.8 Å². The normalized spacial score (nSPS) is 12.2. The molecule has 1 atom stereocenters. The summed E-state index contributed by atoms with van der Waals surface area (Å²) in [4.78, 5) is 13.4. The van der Waals surface area contributed by atoms with Gasteiger partial charge in [0.25, 0.3) is 5.91 Å². The van der Waals surface area contributed by atoms with E-state index in [-0.39, 0.29) is 11.9 Å².